The van der Waals surface area contributed by atoms with Crippen LogP contribution in [0, 0.1) is 5.92 Å². The third-order valence-electron chi connectivity index (χ3n) is 5.21. The standard InChI is InChI=1S/C26H30ClN5O3S/c1-5-14-32-24(21(15-17(2)3)29-25(34)18-10-6-7-11-19(18)27)30-31-26(32)36-16-23(33)28-20-12-8-9-13-22(20)35-4/h5-13,17,21H,1,14-16H2,2-4H3,(H,28,33)(H,29,34)/t21-/m1/s1. The molecule has 0 spiro atoms. The second-order valence-corrected chi connectivity index (χ2v) is 9.76. The minimum absolute atomic E-state index is 0.119. The first-order chi connectivity index (χ1) is 17.3. The fourth-order valence-electron chi connectivity index (χ4n) is 3.61. The number of para-hydroxylation sites is 2. The zero-order chi connectivity index (χ0) is 26.1. The molecule has 8 nitrogen and oxygen atoms in total. The van der Waals surface area contributed by atoms with E-state index in [0.29, 0.717) is 46.0 Å². The van der Waals surface area contributed by atoms with Crippen molar-refractivity contribution in [1.82, 2.24) is 20.1 Å². The van der Waals surface area contributed by atoms with E-state index in [9.17, 15) is 9.59 Å². The van der Waals surface area contributed by atoms with Gasteiger partial charge in [0, 0.05) is 6.54 Å². The molecule has 1 atom stereocenters. The molecule has 0 radical (unpaired) electrons. The van der Waals surface area contributed by atoms with E-state index < -0.39 is 6.04 Å². The molecule has 3 aromatic rings. The summed E-state index contributed by atoms with van der Waals surface area (Å²) in [6.45, 7) is 8.41. The van der Waals surface area contributed by atoms with E-state index in [0.717, 1.165) is 0 Å². The SMILES string of the molecule is C=CCn1c(SCC(=O)Nc2ccccc2OC)nnc1[C@@H](CC(C)C)NC(=O)c1ccccc1Cl. The largest absolute Gasteiger partial charge is 0.495 e. The molecule has 2 N–H and O–H groups in total. The smallest absolute Gasteiger partial charge is 0.253 e. The number of rotatable bonds is 12. The Balaban J connectivity index is 1.78. The molecule has 1 heterocycles. The molecule has 1 aromatic heterocycles. The summed E-state index contributed by atoms with van der Waals surface area (Å²) in [5, 5.41) is 15.6. The molecule has 0 saturated carbocycles. The van der Waals surface area contributed by atoms with Crippen LogP contribution in [0.3, 0.4) is 0 Å². The Kier molecular flexibility index (Phi) is 9.95. The summed E-state index contributed by atoms with van der Waals surface area (Å²) >= 11 is 7.49. The first-order valence-electron chi connectivity index (χ1n) is 11.5. The summed E-state index contributed by atoms with van der Waals surface area (Å²) in [5.74, 6) is 1.08. The number of amides is 2. The third kappa shape index (κ3) is 7.11. The molecule has 3 rings (SSSR count). The van der Waals surface area contributed by atoms with Gasteiger partial charge in [0.2, 0.25) is 5.91 Å². The molecular formula is C26H30ClN5O3S. The number of ether oxygens (including phenoxy) is 1. The highest BCUT2D eigenvalue weighted by Crippen LogP contribution is 2.27. The van der Waals surface area contributed by atoms with Gasteiger partial charge in [-0.25, -0.2) is 0 Å². The van der Waals surface area contributed by atoms with Gasteiger partial charge >= 0.3 is 0 Å². The summed E-state index contributed by atoms with van der Waals surface area (Å²) in [6.07, 6.45) is 2.37. The number of nitrogens with one attached hydrogen (secondary N) is 2. The van der Waals surface area contributed by atoms with Crippen LogP contribution in [0.15, 0.2) is 66.3 Å². The third-order valence-corrected chi connectivity index (χ3v) is 6.51. The number of methoxy groups -OCH3 is 1. The second-order valence-electron chi connectivity index (χ2n) is 8.41. The van der Waals surface area contributed by atoms with Gasteiger partial charge in [0.05, 0.1) is 35.2 Å². The first kappa shape index (κ1) is 27.3. The molecule has 190 valence electrons. The average molecular weight is 528 g/mol. The summed E-state index contributed by atoms with van der Waals surface area (Å²) < 4.78 is 7.16. The number of hydrogen-bond acceptors (Lipinski definition) is 6. The van der Waals surface area contributed by atoms with Gasteiger partial charge in [0.15, 0.2) is 11.0 Å². The molecule has 2 amide bonds. The first-order valence-corrected chi connectivity index (χ1v) is 12.8. The maximum absolute atomic E-state index is 13.0. The number of halogens is 1. The van der Waals surface area contributed by atoms with Crippen LogP contribution >= 0.6 is 23.4 Å². The van der Waals surface area contributed by atoms with E-state index in [1.165, 1.54) is 11.8 Å². The number of nitrogens with zero attached hydrogens (tertiary/aromatic N) is 3. The van der Waals surface area contributed by atoms with E-state index in [4.69, 9.17) is 16.3 Å². The van der Waals surface area contributed by atoms with Crippen LogP contribution in [0.1, 0.15) is 42.5 Å². The Labute approximate surface area is 220 Å². The van der Waals surface area contributed by atoms with Gasteiger partial charge in [0.25, 0.3) is 5.91 Å². The van der Waals surface area contributed by atoms with Gasteiger partial charge in [0.1, 0.15) is 5.75 Å². The van der Waals surface area contributed by atoms with E-state index >= 15 is 0 Å². The van der Waals surface area contributed by atoms with E-state index in [1.54, 1.807) is 49.6 Å². The minimum Gasteiger partial charge on any atom is -0.495 e. The Morgan fingerprint density at radius 2 is 1.89 bits per heavy atom. The summed E-state index contributed by atoms with van der Waals surface area (Å²) in [4.78, 5) is 25.6. The zero-order valence-electron chi connectivity index (χ0n) is 20.5. The van der Waals surface area contributed by atoms with Crippen LogP contribution in [0.4, 0.5) is 5.69 Å². The van der Waals surface area contributed by atoms with Gasteiger partial charge in [-0.1, -0.05) is 67.6 Å². The molecule has 0 bridgehead atoms. The van der Waals surface area contributed by atoms with Crippen LogP contribution < -0.4 is 15.4 Å². The molecule has 36 heavy (non-hydrogen) atoms. The number of carbonyl (C=O) groups is 2. The average Bonchev–Trinajstić information content (AvgIpc) is 3.25. The summed E-state index contributed by atoms with van der Waals surface area (Å²) in [5.41, 5.74) is 0.989. The fourth-order valence-corrected chi connectivity index (χ4v) is 4.59. The van der Waals surface area contributed by atoms with Gasteiger partial charge in [-0.15, -0.1) is 16.8 Å². The number of anilines is 1. The Bertz CT molecular complexity index is 1210. The number of allylic oxidation sites excluding steroid dienone is 1. The highest BCUT2D eigenvalue weighted by Gasteiger charge is 2.25. The monoisotopic (exact) mass is 527 g/mol. The lowest BCUT2D eigenvalue weighted by atomic mass is 10.0. The second kappa shape index (κ2) is 13.1. The number of hydrogen-bond donors (Lipinski definition) is 2. The van der Waals surface area contributed by atoms with Crippen molar-refractivity contribution in [1.29, 1.82) is 0 Å². The quantitative estimate of drug-likeness (QED) is 0.242. The van der Waals surface area contributed by atoms with E-state index in [-0.39, 0.29) is 23.5 Å². The lowest BCUT2D eigenvalue weighted by Crippen LogP contribution is -2.32. The fraction of sp³-hybridized carbons (Fsp3) is 0.308. The van der Waals surface area contributed by atoms with Crippen molar-refractivity contribution in [2.24, 2.45) is 5.92 Å². The van der Waals surface area contributed by atoms with Crippen LogP contribution in [-0.4, -0.2) is 39.4 Å². The van der Waals surface area contributed by atoms with Crippen molar-refractivity contribution in [2.75, 3.05) is 18.2 Å². The molecule has 0 fully saturated rings. The molecule has 0 aliphatic heterocycles. The maximum Gasteiger partial charge on any atom is 0.253 e. The van der Waals surface area contributed by atoms with Crippen molar-refractivity contribution in [3.05, 3.63) is 77.6 Å². The lowest BCUT2D eigenvalue weighted by molar-refractivity contribution is -0.113. The van der Waals surface area contributed by atoms with Crippen molar-refractivity contribution in [2.45, 2.75) is 38.0 Å². The normalized spacial score (nSPS) is 11.7. The topological polar surface area (TPSA) is 98.1 Å². The van der Waals surface area contributed by atoms with Gasteiger partial charge in [-0.3, -0.25) is 9.59 Å². The van der Waals surface area contributed by atoms with Crippen molar-refractivity contribution >= 4 is 40.9 Å². The molecule has 0 aliphatic carbocycles. The zero-order valence-corrected chi connectivity index (χ0v) is 22.1. The Hall–Kier alpha value is -3.30. The predicted molar refractivity (Wildman–Crippen MR) is 144 cm³/mol. The van der Waals surface area contributed by atoms with Crippen molar-refractivity contribution in [3.63, 3.8) is 0 Å². The number of aromatic nitrogens is 3. The maximum atomic E-state index is 13.0. The van der Waals surface area contributed by atoms with Crippen molar-refractivity contribution in [3.8, 4) is 5.75 Å². The number of thioether (sulfide) groups is 1. The van der Waals surface area contributed by atoms with Crippen LogP contribution in [-0.2, 0) is 11.3 Å². The lowest BCUT2D eigenvalue weighted by Gasteiger charge is -2.21. The Morgan fingerprint density at radius 1 is 1.17 bits per heavy atom. The Morgan fingerprint density at radius 3 is 2.58 bits per heavy atom. The molecule has 0 saturated heterocycles. The minimum atomic E-state index is -0.405. The summed E-state index contributed by atoms with van der Waals surface area (Å²) in [6, 6.07) is 13.7. The van der Waals surface area contributed by atoms with E-state index in [2.05, 4.69) is 41.3 Å². The molecular weight excluding hydrogens is 498 g/mol. The summed E-state index contributed by atoms with van der Waals surface area (Å²) in [7, 11) is 1.55. The predicted octanol–water partition coefficient (Wildman–Crippen LogP) is 5.37. The highest BCUT2D eigenvalue weighted by molar-refractivity contribution is 7.99. The van der Waals surface area contributed by atoms with Crippen molar-refractivity contribution < 1.29 is 14.3 Å². The van der Waals surface area contributed by atoms with Crippen LogP contribution in [0.25, 0.3) is 0 Å². The van der Waals surface area contributed by atoms with Gasteiger partial charge < -0.3 is 19.9 Å². The highest BCUT2D eigenvalue weighted by atomic mass is 35.5. The van der Waals surface area contributed by atoms with E-state index in [1.807, 2.05) is 16.7 Å². The number of benzene rings is 2. The number of carbonyl (C=O) groups excluding carboxylic acids is 2. The van der Waals surface area contributed by atoms with Crippen LogP contribution in [0.5, 0.6) is 5.75 Å². The van der Waals surface area contributed by atoms with Gasteiger partial charge in [-0.05, 0) is 36.6 Å². The van der Waals surface area contributed by atoms with Crippen LogP contribution in [0.2, 0.25) is 5.02 Å². The molecule has 0 unspecified atom stereocenters. The van der Waals surface area contributed by atoms with Gasteiger partial charge in [-0.2, -0.15) is 0 Å². The molecule has 2 aromatic carbocycles. The molecule has 0 aliphatic rings. The molecule has 10 heteroatoms.